The number of para-hydroxylation sites is 1. The molecule has 0 aliphatic heterocycles. The molecule has 0 aliphatic rings. The van der Waals surface area contributed by atoms with E-state index in [-0.39, 0.29) is 11.3 Å². The predicted octanol–water partition coefficient (Wildman–Crippen LogP) is 4.79. The van der Waals surface area contributed by atoms with Crippen LogP contribution in [0.3, 0.4) is 0 Å². The van der Waals surface area contributed by atoms with Crippen LogP contribution in [-0.2, 0) is 0 Å². The zero-order chi connectivity index (χ0) is 18.5. The first-order valence-corrected chi connectivity index (χ1v) is 8.46. The molecule has 26 heavy (non-hydrogen) atoms. The number of thiazole rings is 1. The lowest BCUT2D eigenvalue weighted by Crippen LogP contribution is -1.91. The third-order valence-electron chi connectivity index (χ3n) is 3.67. The Kier molecular flexibility index (Phi) is 5.06. The second kappa shape index (κ2) is 7.59. The van der Waals surface area contributed by atoms with E-state index < -0.39 is 4.92 Å². The molecular weight excluding hydrogens is 350 g/mol. The predicted molar refractivity (Wildman–Crippen MR) is 101 cm³/mol. The van der Waals surface area contributed by atoms with Gasteiger partial charge in [-0.1, -0.05) is 12.1 Å². The third-order valence-corrected chi connectivity index (χ3v) is 4.55. The fourth-order valence-electron chi connectivity index (χ4n) is 2.37. The van der Waals surface area contributed by atoms with Gasteiger partial charge < -0.3 is 4.74 Å². The number of benzene rings is 2. The number of nitrogens with zero attached hydrogens (tertiary/aromatic N) is 3. The number of nitriles is 1. The number of rotatable bonds is 5. The van der Waals surface area contributed by atoms with Crippen molar-refractivity contribution >= 4 is 28.7 Å². The summed E-state index contributed by atoms with van der Waals surface area (Å²) in [7, 11) is 1.60. The summed E-state index contributed by atoms with van der Waals surface area (Å²) >= 11 is 1.32. The van der Waals surface area contributed by atoms with Gasteiger partial charge in [0.2, 0.25) is 0 Å². The Morgan fingerprint density at radius 2 is 2.00 bits per heavy atom. The molecule has 0 saturated heterocycles. The van der Waals surface area contributed by atoms with Gasteiger partial charge in [-0.15, -0.1) is 11.3 Å². The summed E-state index contributed by atoms with van der Waals surface area (Å²) in [5.74, 6) is 0.748. The average molecular weight is 363 g/mol. The highest BCUT2D eigenvalue weighted by Crippen LogP contribution is 2.29. The summed E-state index contributed by atoms with van der Waals surface area (Å²) in [6.07, 6.45) is 1.49. The zero-order valence-electron chi connectivity index (χ0n) is 13.7. The van der Waals surface area contributed by atoms with E-state index >= 15 is 0 Å². The fraction of sp³-hybridized carbons (Fsp3) is 0.0526. The van der Waals surface area contributed by atoms with Gasteiger partial charge in [-0.2, -0.15) is 5.26 Å². The first-order valence-electron chi connectivity index (χ1n) is 7.58. The number of allylic oxidation sites excluding steroid dienone is 1. The fourth-order valence-corrected chi connectivity index (χ4v) is 3.16. The number of nitro groups is 1. The van der Waals surface area contributed by atoms with Gasteiger partial charge in [0.1, 0.15) is 16.8 Å². The van der Waals surface area contributed by atoms with Crippen LogP contribution in [-0.4, -0.2) is 17.0 Å². The Morgan fingerprint density at radius 3 is 2.65 bits per heavy atom. The summed E-state index contributed by atoms with van der Waals surface area (Å²) in [5, 5.41) is 23.0. The summed E-state index contributed by atoms with van der Waals surface area (Å²) in [4.78, 5) is 15.2. The van der Waals surface area contributed by atoms with Gasteiger partial charge in [0.05, 0.1) is 28.9 Å². The Morgan fingerprint density at radius 1 is 1.27 bits per heavy atom. The standard InChI is InChI=1S/C19H13N3O3S/c1-25-16-8-6-13(7-9-16)17-12-26-19(21-17)15(11-20)10-14-4-2-3-5-18(14)22(23)24/h2-10,12H,1H3. The van der Waals surface area contributed by atoms with Crippen molar-refractivity contribution in [3.63, 3.8) is 0 Å². The van der Waals surface area contributed by atoms with Gasteiger partial charge in [-0.05, 0) is 36.4 Å². The van der Waals surface area contributed by atoms with Crippen molar-refractivity contribution in [2.24, 2.45) is 0 Å². The Labute approximate surface area is 153 Å². The van der Waals surface area contributed by atoms with Crippen LogP contribution in [0.15, 0.2) is 53.9 Å². The molecule has 0 N–H and O–H groups in total. The molecule has 0 radical (unpaired) electrons. The van der Waals surface area contributed by atoms with E-state index in [1.165, 1.54) is 23.5 Å². The molecule has 128 valence electrons. The lowest BCUT2D eigenvalue weighted by Gasteiger charge is -2.00. The molecule has 1 heterocycles. The van der Waals surface area contributed by atoms with E-state index in [1.807, 2.05) is 29.6 Å². The number of ether oxygens (including phenoxy) is 1. The van der Waals surface area contributed by atoms with E-state index in [0.717, 1.165) is 17.0 Å². The molecule has 1 aromatic heterocycles. The van der Waals surface area contributed by atoms with Crippen LogP contribution in [0.2, 0.25) is 0 Å². The van der Waals surface area contributed by atoms with Crippen molar-refractivity contribution in [2.45, 2.75) is 0 Å². The largest absolute Gasteiger partial charge is 0.497 e. The SMILES string of the molecule is COc1ccc(-c2csc(C(C#N)=Cc3ccccc3[N+](=O)[O-])n2)cc1. The lowest BCUT2D eigenvalue weighted by molar-refractivity contribution is -0.385. The quantitative estimate of drug-likeness (QED) is 0.369. The molecule has 0 bridgehead atoms. The number of nitro benzene ring substituents is 1. The van der Waals surface area contributed by atoms with Crippen molar-refractivity contribution in [2.75, 3.05) is 7.11 Å². The highest BCUT2D eigenvalue weighted by atomic mass is 32.1. The number of methoxy groups -OCH3 is 1. The minimum absolute atomic E-state index is 0.0489. The molecule has 0 atom stereocenters. The molecule has 7 heteroatoms. The molecule has 6 nitrogen and oxygen atoms in total. The van der Waals surface area contributed by atoms with E-state index in [0.29, 0.717) is 10.6 Å². The van der Waals surface area contributed by atoms with Crippen molar-refractivity contribution in [1.82, 2.24) is 4.98 Å². The van der Waals surface area contributed by atoms with Gasteiger partial charge >= 0.3 is 0 Å². The first kappa shape index (κ1) is 17.3. The van der Waals surface area contributed by atoms with E-state index in [4.69, 9.17) is 4.74 Å². The highest BCUT2D eigenvalue weighted by Gasteiger charge is 2.14. The van der Waals surface area contributed by atoms with Gasteiger partial charge in [0.25, 0.3) is 5.69 Å². The Balaban J connectivity index is 1.96. The van der Waals surface area contributed by atoms with E-state index in [1.54, 1.807) is 25.3 Å². The van der Waals surface area contributed by atoms with E-state index in [2.05, 4.69) is 11.1 Å². The normalized spacial score (nSPS) is 11.0. The lowest BCUT2D eigenvalue weighted by atomic mass is 10.1. The summed E-state index contributed by atoms with van der Waals surface area (Å²) in [5.41, 5.74) is 2.24. The molecular formula is C19H13N3O3S. The molecule has 2 aromatic carbocycles. The molecule has 0 fully saturated rings. The smallest absolute Gasteiger partial charge is 0.276 e. The van der Waals surface area contributed by atoms with Crippen LogP contribution in [0, 0.1) is 21.4 Å². The number of hydrogen-bond acceptors (Lipinski definition) is 6. The summed E-state index contributed by atoms with van der Waals surface area (Å²) in [6.45, 7) is 0. The third kappa shape index (κ3) is 3.61. The molecule has 0 unspecified atom stereocenters. The van der Waals surface area contributed by atoms with Crippen LogP contribution >= 0.6 is 11.3 Å². The van der Waals surface area contributed by atoms with Gasteiger partial charge in [0.15, 0.2) is 0 Å². The number of hydrogen-bond donors (Lipinski definition) is 0. The summed E-state index contributed by atoms with van der Waals surface area (Å²) in [6, 6.07) is 15.8. The molecule has 0 saturated carbocycles. The molecule has 0 aliphatic carbocycles. The van der Waals surface area contributed by atoms with Crippen LogP contribution in [0.4, 0.5) is 5.69 Å². The van der Waals surface area contributed by atoms with Crippen LogP contribution in [0.25, 0.3) is 22.9 Å². The van der Waals surface area contributed by atoms with Crippen molar-refractivity contribution < 1.29 is 9.66 Å². The maximum atomic E-state index is 11.1. The average Bonchev–Trinajstić information content (AvgIpc) is 3.16. The molecule has 0 amide bonds. The topological polar surface area (TPSA) is 89.0 Å². The van der Waals surface area contributed by atoms with Crippen LogP contribution in [0.1, 0.15) is 10.6 Å². The molecule has 3 aromatic rings. The van der Waals surface area contributed by atoms with E-state index in [9.17, 15) is 15.4 Å². The van der Waals surface area contributed by atoms with Crippen molar-refractivity contribution in [3.8, 4) is 23.1 Å². The maximum Gasteiger partial charge on any atom is 0.276 e. The maximum absolute atomic E-state index is 11.1. The highest BCUT2D eigenvalue weighted by molar-refractivity contribution is 7.11. The number of aromatic nitrogens is 1. The first-order chi connectivity index (χ1) is 12.6. The molecule has 3 rings (SSSR count). The monoisotopic (exact) mass is 363 g/mol. The molecule has 0 spiro atoms. The Bertz CT molecular complexity index is 1020. The van der Waals surface area contributed by atoms with Gasteiger partial charge in [-0.3, -0.25) is 10.1 Å². The van der Waals surface area contributed by atoms with Crippen LogP contribution in [0.5, 0.6) is 5.75 Å². The Hall–Kier alpha value is -3.50. The van der Waals surface area contributed by atoms with Gasteiger partial charge in [0, 0.05) is 17.0 Å². The van der Waals surface area contributed by atoms with Crippen molar-refractivity contribution in [1.29, 1.82) is 5.26 Å². The van der Waals surface area contributed by atoms with Gasteiger partial charge in [-0.25, -0.2) is 4.98 Å². The minimum atomic E-state index is -0.467. The van der Waals surface area contributed by atoms with Crippen molar-refractivity contribution in [3.05, 3.63) is 74.6 Å². The second-order valence-corrected chi connectivity index (χ2v) is 6.11. The minimum Gasteiger partial charge on any atom is -0.497 e. The zero-order valence-corrected chi connectivity index (χ0v) is 14.6. The summed E-state index contributed by atoms with van der Waals surface area (Å²) < 4.78 is 5.14. The second-order valence-electron chi connectivity index (χ2n) is 5.25. The van der Waals surface area contributed by atoms with Crippen LogP contribution < -0.4 is 4.74 Å².